The number of halogens is 1. The summed E-state index contributed by atoms with van der Waals surface area (Å²) in [5.74, 6) is -0.108. The average molecular weight is 356 g/mol. The van der Waals surface area contributed by atoms with Gasteiger partial charge in [-0.25, -0.2) is 4.98 Å². The van der Waals surface area contributed by atoms with Crippen molar-refractivity contribution < 1.29 is 17.4 Å². The Morgan fingerprint density at radius 2 is 1.90 bits per heavy atom. The van der Waals surface area contributed by atoms with Gasteiger partial charge in [-0.1, -0.05) is 17.7 Å². The summed E-state index contributed by atoms with van der Waals surface area (Å²) in [5, 5.41) is 0. The van der Waals surface area contributed by atoms with E-state index in [4.69, 9.17) is 4.18 Å². The van der Waals surface area contributed by atoms with Crippen LogP contribution in [-0.2, 0) is 10.1 Å². The van der Waals surface area contributed by atoms with Crippen LogP contribution in [0.15, 0.2) is 46.0 Å². The van der Waals surface area contributed by atoms with Crippen molar-refractivity contribution in [3.8, 4) is 5.75 Å². The van der Waals surface area contributed by atoms with Gasteiger partial charge in [-0.05, 0) is 41.1 Å². The van der Waals surface area contributed by atoms with Gasteiger partial charge < -0.3 is 4.18 Å². The van der Waals surface area contributed by atoms with Gasteiger partial charge in [0, 0.05) is 0 Å². The maximum atomic E-state index is 12.1. The summed E-state index contributed by atoms with van der Waals surface area (Å²) in [7, 11) is -3.99. The van der Waals surface area contributed by atoms with Crippen molar-refractivity contribution in [2.45, 2.75) is 11.8 Å². The summed E-state index contributed by atoms with van der Waals surface area (Å²) in [6.45, 7) is 1.85. The zero-order valence-electron chi connectivity index (χ0n) is 10.4. The number of hydrogen-bond acceptors (Lipinski definition) is 5. The van der Waals surface area contributed by atoms with Gasteiger partial charge in [0.05, 0.1) is 11.8 Å². The van der Waals surface area contributed by atoms with E-state index in [9.17, 15) is 13.2 Å². The van der Waals surface area contributed by atoms with E-state index in [-0.39, 0.29) is 16.2 Å². The first-order valence-corrected chi connectivity index (χ1v) is 7.74. The molecule has 0 N–H and O–H groups in total. The molecule has 20 heavy (non-hydrogen) atoms. The van der Waals surface area contributed by atoms with Gasteiger partial charge >= 0.3 is 10.1 Å². The third-order valence-electron chi connectivity index (χ3n) is 2.50. The van der Waals surface area contributed by atoms with Crippen LogP contribution < -0.4 is 4.18 Å². The summed E-state index contributed by atoms with van der Waals surface area (Å²) < 4.78 is 29.6. The lowest BCUT2D eigenvalue weighted by Gasteiger charge is -2.08. The van der Waals surface area contributed by atoms with Crippen LogP contribution in [0.3, 0.4) is 0 Å². The Balaban J connectivity index is 2.38. The number of rotatable bonds is 4. The summed E-state index contributed by atoms with van der Waals surface area (Å²) >= 11 is 3.09. The lowest BCUT2D eigenvalue weighted by Crippen LogP contribution is -2.11. The molecule has 104 valence electrons. The summed E-state index contributed by atoms with van der Waals surface area (Å²) in [5.41, 5.74) is 1.03. The van der Waals surface area contributed by atoms with Gasteiger partial charge in [-0.3, -0.25) is 4.79 Å². The monoisotopic (exact) mass is 355 g/mol. The molecule has 1 aromatic carbocycles. The number of aldehydes is 1. The SMILES string of the molecule is Cc1ccc(S(=O)(=O)Oc2cnc(Br)cc2C=O)cc1. The van der Waals surface area contributed by atoms with Crippen LogP contribution in [0.25, 0.3) is 0 Å². The lowest BCUT2D eigenvalue weighted by atomic mass is 10.2. The van der Waals surface area contributed by atoms with E-state index in [1.807, 2.05) is 6.92 Å². The van der Waals surface area contributed by atoms with Gasteiger partial charge in [0.1, 0.15) is 9.50 Å². The number of hydrogen-bond donors (Lipinski definition) is 0. The van der Waals surface area contributed by atoms with E-state index < -0.39 is 10.1 Å². The van der Waals surface area contributed by atoms with Gasteiger partial charge in [-0.2, -0.15) is 8.42 Å². The third-order valence-corrected chi connectivity index (χ3v) is 4.18. The highest BCUT2D eigenvalue weighted by Gasteiger charge is 2.18. The molecule has 0 fully saturated rings. The predicted octanol–water partition coefficient (Wildman–Crippen LogP) is 2.73. The number of nitrogens with zero attached hydrogens (tertiary/aromatic N) is 1. The van der Waals surface area contributed by atoms with Crippen molar-refractivity contribution in [3.05, 3.63) is 52.3 Å². The molecule has 0 atom stereocenters. The molecule has 1 aromatic heterocycles. The first-order valence-electron chi connectivity index (χ1n) is 5.54. The fourth-order valence-electron chi connectivity index (χ4n) is 1.46. The number of benzene rings is 1. The molecule has 5 nitrogen and oxygen atoms in total. The fourth-order valence-corrected chi connectivity index (χ4v) is 2.75. The molecular weight excluding hydrogens is 346 g/mol. The van der Waals surface area contributed by atoms with Gasteiger partial charge in [0.2, 0.25) is 0 Å². The van der Waals surface area contributed by atoms with E-state index in [0.29, 0.717) is 10.9 Å². The summed E-state index contributed by atoms with van der Waals surface area (Å²) in [6, 6.07) is 7.59. The number of aryl methyl sites for hydroxylation is 1. The molecular formula is C13H10BrNO4S. The molecule has 1 heterocycles. The van der Waals surface area contributed by atoms with Crippen LogP contribution in [0.2, 0.25) is 0 Å². The van der Waals surface area contributed by atoms with E-state index >= 15 is 0 Å². The van der Waals surface area contributed by atoms with Crippen LogP contribution in [0.4, 0.5) is 0 Å². The topological polar surface area (TPSA) is 73.3 Å². The van der Waals surface area contributed by atoms with Gasteiger partial charge in [-0.15, -0.1) is 0 Å². The van der Waals surface area contributed by atoms with E-state index in [1.54, 1.807) is 12.1 Å². The highest BCUT2D eigenvalue weighted by atomic mass is 79.9. The maximum Gasteiger partial charge on any atom is 0.339 e. The van der Waals surface area contributed by atoms with E-state index in [1.165, 1.54) is 24.4 Å². The predicted molar refractivity (Wildman–Crippen MR) is 76.3 cm³/mol. The Morgan fingerprint density at radius 1 is 1.25 bits per heavy atom. The average Bonchev–Trinajstić information content (AvgIpc) is 2.41. The van der Waals surface area contributed by atoms with Crippen molar-refractivity contribution in [1.82, 2.24) is 4.98 Å². The van der Waals surface area contributed by atoms with Crippen LogP contribution in [-0.4, -0.2) is 19.7 Å². The number of carbonyl (C=O) groups is 1. The van der Waals surface area contributed by atoms with Crippen molar-refractivity contribution in [3.63, 3.8) is 0 Å². The van der Waals surface area contributed by atoms with Crippen LogP contribution in [0.1, 0.15) is 15.9 Å². The smallest absolute Gasteiger partial charge is 0.339 e. The molecule has 7 heteroatoms. The van der Waals surface area contributed by atoms with Gasteiger partial charge in [0.25, 0.3) is 0 Å². The van der Waals surface area contributed by atoms with Gasteiger partial charge in [0.15, 0.2) is 12.0 Å². The van der Waals surface area contributed by atoms with Crippen molar-refractivity contribution in [1.29, 1.82) is 0 Å². The minimum absolute atomic E-state index is 0.0165. The molecule has 0 amide bonds. The highest BCUT2D eigenvalue weighted by molar-refractivity contribution is 9.10. The Labute approximate surface area is 124 Å². The largest absolute Gasteiger partial charge is 0.377 e. The second kappa shape index (κ2) is 5.72. The molecule has 0 saturated heterocycles. The van der Waals surface area contributed by atoms with Crippen molar-refractivity contribution >= 4 is 32.3 Å². The molecule has 0 bridgehead atoms. The molecule has 0 aliphatic rings. The standard InChI is InChI=1S/C13H10BrNO4S/c1-9-2-4-11(5-3-9)20(17,18)19-12-7-15-13(14)6-10(12)8-16/h2-8H,1H3. The number of carbonyl (C=O) groups excluding carboxylic acids is 1. The molecule has 2 rings (SSSR count). The first kappa shape index (κ1) is 14.7. The zero-order chi connectivity index (χ0) is 14.8. The molecule has 0 unspecified atom stereocenters. The molecule has 2 aromatic rings. The highest BCUT2D eigenvalue weighted by Crippen LogP contribution is 2.23. The lowest BCUT2D eigenvalue weighted by molar-refractivity contribution is 0.112. The summed E-state index contributed by atoms with van der Waals surface area (Å²) in [4.78, 5) is 14.8. The minimum Gasteiger partial charge on any atom is -0.377 e. The molecule has 0 aliphatic carbocycles. The Hall–Kier alpha value is -1.73. The summed E-state index contributed by atoms with van der Waals surface area (Å²) in [6.07, 6.45) is 1.69. The second-order valence-electron chi connectivity index (χ2n) is 4.01. The van der Waals surface area contributed by atoms with Crippen molar-refractivity contribution in [2.75, 3.05) is 0 Å². The minimum atomic E-state index is -3.99. The molecule has 0 aliphatic heterocycles. The number of aromatic nitrogens is 1. The second-order valence-corrected chi connectivity index (χ2v) is 6.37. The zero-order valence-corrected chi connectivity index (χ0v) is 12.8. The Kier molecular flexibility index (Phi) is 4.20. The first-order chi connectivity index (χ1) is 9.42. The van der Waals surface area contributed by atoms with Crippen LogP contribution >= 0.6 is 15.9 Å². The van der Waals surface area contributed by atoms with Crippen LogP contribution in [0, 0.1) is 6.92 Å². The Bertz CT molecular complexity index is 741. The third kappa shape index (κ3) is 3.23. The number of pyridine rings is 1. The van der Waals surface area contributed by atoms with Crippen molar-refractivity contribution in [2.24, 2.45) is 0 Å². The molecule has 0 radical (unpaired) electrons. The molecule has 0 saturated carbocycles. The quantitative estimate of drug-likeness (QED) is 0.479. The van der Waals surface area contributed by atoms with E-state index in [0.717, 1.165) is 5.56 Å². The maximum absolute atomic E-state index is 12.1. The molecule has 0 spiro atoms. The normalized spacial score (nSPS) is 11.1. The van der Waals surface area contributed by atoms with Crippen LogP contribution in [0.5, 0.6) is 5.75 Å². The Morgan fingerprint density at radius 3 is 2.50 bits per heavy atom. The van der Waals surface area contributed by atoms with E-state index in [2.05, 4.69) is 20.9 Å². The fraction of sp³-hybridized carbons (Fsp3) is 0.0769.